The molecule has 4 aromatic rings. The lowest BCUT2D eigenvalue weighted by Gasteiger charge is -2.17. The number of amides is 2. The predicted molar refractivity (Wildman–Crippen MR) is 166 cm³/mol. The van der Waals surface area contributed by atoms with Crippen molar-refractivity contribution in [1.82, 2.24) is 10.2 Å². The number of fused-ring (bicyclic) bond motifs is 1. The third kappa shape index (κ3) is 6.19. The van der Waals surface area contributed by atoms with E-state index in [1.807, 2.05) is 48.5 Å². The van der Waals surface area contributed by atoms with Gasteiger partial charge in [0.25, 0.3) is 11.8 Å². The van der Waals surface area contributed by atoms with Crippen molar-refractivity contribution in [2.75, 3.05) is 23.7 Å². The standard InChI is InChI=1S/C34H31ClN4O2/c35-27-10-6-7-24(19-27)21-36-33(40)26-13-16-30-29(20-26)31(34(41)38-30)32(25-8-2-1-3-9-25)37-28-14-11-23(12-15-28)22-39-17-4-5-18-39/h1-3,6-16,19-20,37H,4-5,17-18,21-22H2,(H,36,40)(H,38,41)/b32-31-. The quantitative estimate of drug-likeness (QED) is 0.207. The van der Waals surface area contributed by atoms with Crippen LogP contribution in [0.2, 0.25) is 5.02 Å². The lowest BCUT2D eigenvalue weighted by molar-refractivity contribution is -0.110. The molecule has 0 bridgehead atoms. The Morgan fingerprint density at radius 3 is 2.37 bits per heavy atom. The van der Waals surface area contributed by atoms with Crippen molar-refractivity contribution in [2.24, 2.45) is 0 Å². The summed E-state index contributed by atoms with van der Waals surface area (Å²) in [5.41, 5.74) is 6.95. The second-order valence-electron chi connectivity index (χ2n) is 10.4. The van der Waals surface area contributed by atoms with Crippen molar-refractivity contribution in [3.05, 3.63) is 130 Å². The highest BCUT2D eigenvalue weighted by molar-refractivity contribution is 6.37. The molecule has 0 aliphatic carbocycles. The minimum atomic E-state index is -0.228. The van der Waals surface area contributed by atoms with Crippen LogP contribution in [0.4, 0.5) is 11.4 Å². The largest absolute Gasteiger partial charge is 0.354 e. The number of likely N-dealkylation sites (tertiary alicyclic amines) is 1. The molecule has 0 radical (unpaired) electrons. The van der Waals surface area contributed by atoms with Crippen LogP contribution in [-0.4, -0.2) is 29.8 Å². The van der Waals surface area contributed by atoms with Crippen LogP contribution in [0.25, 0.3) is 11.3 Å². The number of benzene rings is 4. The molecule has 2 heterocycles. The second kappa shape index (κ2) is 12.0. The van der Waals surface area contributed by atoms with Gasteiger partial charge in [0.05, 0.1) is 11.3 Å². The lowest BCUT2D eigenvalue weighted by Crippen LogP contribution is -2.22. The van der Waals surface area contributed by atoms with Gasteiger partial charge in [-0.05, 0) is 85.1 Å². The highest BCUT2D eigenvalue weighted by atomic mass is 35.5. The molecular weight excluding hydrogens is 532 g/mol. The maximum atomic E-state index is 13.4. The average Bonchev–Trinajstić information content (AvgIpc) is 3.62. The molecule has 2 amide bonds. The van der Waals surface area contributed by atoms with E-state index < -0.39 is 0 Å². The van der Waals surface area contributed by atoms with Gasteiger partial charge in [0.1, 0.15) is 0 Å². The fourth-order valence-electron chi connectivity index (χ4n) is 5.41. The molecule has 0 aromatic heterocycles. The number of hydrogen-bond acceptors (Lipinski definition) is 4. The van der Waals surface area contributed by atoms with E-state index in [4.69, 9.17) is 11.6 Å². The molecule has 2 aliphatic rings. The molecule has 0 atom stereocenters. The van der Waals surface area contributed by atoms with E-state index in [-0.39, 0.29) is 11.8 Å². The van der Waals surface area contributed by atoms with Crippen molar-refractivity contribution >= 4 is 46.1 Å². The summed E-state index contributed by atoms with van der Waals surface area (Å²) in [7, 11) is 0. The molecule has 206 valence electrons. The van der Waals surface area contributed by atoms with Gasteiger partial charge < -0.3 is 16.0 Å². The van der Waals surface area contributed by atoms with Gasteiger partial charge in [-0.1, -0.05) is 66.2 Å². The Balaban J connectivity index is 1.30. The summed E-state index contributed by atoms with van der Waals surface area (Å²) in [5, 5.41) is 10.1. The van der Waals surface area contributed by atoms with Gasteiger partial charge in [-0.3, -0.25) is 14.5 Å². The molecule has 3 N–H and O–H groups in total. The molecule has 0 spiro atoms. The summed E-state index contributed by atoms with van der Waals surface area (Å²) in [6.45, 7) is 3.60. The number of hydrogen-bond donors (Lipinski definition) is 3. The summed E-state index contributed by atoms with van der Waals surface area (Å²) in [6, 6.07) is 30.9. The van der Waals surface area contributed by atoms with Crippen LogP contribution in [0.15, 0.2) is 97.1 Å². The van der Waals surface area contributed by atoms with E-state index in [0.717, 1.165) is 36.4 Å². The number of nitrogens with one attached hydrogen (secondary N) is 3. The fourth-order valence-corrected chi connectivity index (χ4v) is 5.62. The first-order valence-electron chi connectivity index (χ1n) is 13.9. The average molecular weight is 563 g/mol. The van der Waals surface area contributed by atoms with Crippen molar-refractivity contribution in [2.45, 2.75) is 25.9 Å². The maximum Gasteiger partial charge on any atom is 0.258 e. The smallest absolute Gasteiger partial charge is 0.258 e. The predicted octanol–water partition coefficient (Wildman–Crippen LogP) is 6.80. The summed E-state index contributed by atoms with van der Waals surface area (Å²) >= 11 is 6.09. The Morgan fingerprint density at radius 2 is 1.61 bits per heavy atom. The number of carbonyl (C=O) groups is 2. The molecule has 6 nitrogen and oxygen atoms in total. The number of halogens is 1. The molecule has 1 saturated heterocycles. The summed E-state index contributed by atoms with van der Waals surface area (Å²) in [5.74, 6) is -0.442. The van der Waals surface area contributed by atoms with Crippen LogP contribution in [-0.2, 0) is 17.9 Å². The highest BCUT2D eigenvalue weighted by Gasteiger charge is 2.29. The molecule has 0 saturated carbocycles. The van der Waals surface area contributed by atoms with Gasteiger partial charge in [-0.2, -0.15) is 0 Å². The van der Waals surface area contributed by atoms with Gasteiger partial charge in [0.15, 0.2) is 0 Å². The van der Waals surface area contributed by atoms with Crippen molar-refractivity contribution in [1.29, 1.82) is 0 Å². The van der Waals surface area contributed by atoms with E-state index in [9.17, 15) is 9.59 Å². The van der Waals surface area contributed by atoms with Gasteiger partial charge in [-0.25, -0.2) is 0 Å². The molecular formula is C34H31ClN4O2. The van der Waals surface area contributed by atoms with E-state index in [1.165, 1.54) is 18.4 Å². The fraction of sp³-hybridized carbons (Fsp3) is 0.176. The third-order valence-corrected chi connectivity index (χ3v) is 7.74. The lowest BCUT2D eigenvalue weighted by atomic mass is 9.98. The number of nitrogens with zero attached hydrogens (tertiary/aromatic N) is 1. The van der Waals surface area contributed by atoms with Crippen LogP contribution >= 0.6 is 11.6 Å². The Kier molecular flexibility index (Phi) is 7.85. The zero-order chi connectivity index (χ0) is 28.2. The Hall–Kier alpha value is -4.39. The van der Waals surface area contributed by atoms with E-state index >= 15 is 0 Å². The summed E-state index contributed by atoms with van der Waals surface area (Å²) < 4.78 is 0. The highest BCUT2D eigenvalue weighted by Crippen LogP contribution is 2.38. The van der Waals surface area contributed by atoms with Crippen LogP contribution in [0, 0.1) is 0 Å². The van der Waals surface area contributed by atoms with Crippen LogP contribution in [0.5, 0.6) is 0 Å². The van der Waals surface area contributed by atoms with Gasteiger partial charge in [0, 0.05) is 40.6 Å². The van der Waals surface area contributed by atoms with E-state index in [0.29, 0.717) is 39.7 Å². The van der Waals surface area contributed by atoms with Crippen LogP contribution in [0.1, 0.15) is 45.5 Å². The monoisotopic (exact) mass is 562 g/mol. The molecule has 1 fully saturated rings. The summed E-state index contributed by atoms with van der Waals surface area (Å²) in [6.07, 6.45) is 2.53. The van der Waals surface area contributed by atoms with Crippen LogP contribution < -0.4 is 16.0 Å². The molecule has 2 aliphatic heterocycles. The van der Waals surface area contributed by atoms with Gasteiger partial charge in [0.2, 0.25) is 0 Å². The molecule has 7 heteroatoms. The molecule has 41 heavy (non-hydrogen) atoms. The molecule has 4 aromatic carbocycles. The van der Waals surface area contributed by atoms with Crippen molar-refractivity contribution in [3.8, 4) is 0 Å². The zero-order valence-corrected chi connectivity index (χ0v) is 23.4. The first-order chi connectivity index (χ1) is 20.0. The first-order valence-corrected chi connectivity index (χ1v) is 14.3. The van der Waals surface area contributed by atoms with E-state index in [2.05, 4.69) is 45.1 Å². The van der Waals surface area contributed by atoms with E-state index in [1.54, 1.807) is 24.3 Å². The zero-order valence-electron chi connectivity index (χ0n) is 22.6. The molecule has 0 unspecified atom stereocenters. The Morgan fingerprint density at radius 1 is 0.829 bits per heavy atom. The number of rotatable bonds is 8. The minimum Gasteiger partial charge on any atom is -0.354 e. The summed E-state index contributed by atoms with van der Waals surface area (Å²) in [4.78, 5) is 28.9. The molecule has 6 rings (SSSR count). The van der Waals surface area contributed by atoms with Crippen LogP contribution in [0.3, 0.4) is 0 Å². The third-order valence-electron chi connectivity index (χ3n) is 7.51. The Labute approximate surface area is 245 Å². The first kappa shape index (κ1) is 26.8. The van der Waals surface area contributed by atoms with Crippen molar-refractivity contribution in [3.63, 3.8) is 0 Å². The van der Waals surface area contributed by atoms with Gasteiger partial charge >= 0.3 is 0 Å². The second-order valence-corrected chi connectivity index (χ2v) is 10.9. The number of anilines is 2. The minimum absolute atomic E-state index is 0.214. The van der Waals surface area contributed by atoms with Crippen molar-refractivity contribution < 1.29 is 9.59 Å². The maximum absolute atomic E-state index is 13.4. The SMILES string of the molecule is O=C1Nc2ccc(C(=O)NCc3cccc(Cl)c3)cc2/C1=C(/Nc1ccc(CN2CCCC2)cc1)c1ccccc1. The normalized spacial score (nSPS) is 15.8. The topological polar surface area (TPSA) is 73.5 Å². The Bertz CT molecular complexity index is 1610. The number of carbonyl (C=O) groups excluding carboxylic acids is 2. The van der Waals surface area contributed by atoms with Gasteiger partial charge in [-0.15, -0.1) is 0 Å².